The van der Waals surface area contributed by atoms with E-state index in [-0.39, 0.29) is 23.2 Å². The van der Waals surface area contributed by atoms with Gasteiger partial charge < -0.3 is 26.2 Å². The van der Waals surface area contributed by atoms with Crippen LogP contribution in [0.2, 0.25) is 5.02 Å². The van der Waals surface area contributed by atoms with Crippen LogP contribution >= 0.6 is 23.4 Å². The van der Waals surface area contributed by atoms with E-state index >= 15 is 0 Å². The van der Waals surface area contributed by atoms with Gasteiger partial charge in [-0.05, 0) is 69.2 Å². The molecule has 0 bridgehead atoms. The van der Waals surface area contributed by atoms with E-state index in [1.807, 2.05) is 20.8 Å². The fourth-order valence-corrected chi connectivity index (χ4v) is 7.74. The van der Waals surface area contributed by atoms with Gasteiger partial charge in [0.25, 0.3) is 0 Å². The SMILES string of the molecule is CNC(=O)CCc1ccc2c(c1)[C@@H](N[S@+]([O-])C(C)(C)C)C1(CCN(c3cnc(Sc4ccnc(N)c4Cl)c(N)n3)CC1)C2. The summed E-state index contributed by atoms with van der Waals surface area (Å²) in [5.41, 5.74) is 15.7. The molecule has 3 heterocycles. The van der Waals surface area contributed by atoms with Gasteiger partial charge in [0, 0.05) is 54.4 Å². The van der Waals surface area contributed by atoms with Crippen LogP contribution in [-0.4, -0.2) is 50.3 Å². The highest BCUT2D eigenvalue weighted by atomic mass is 35.5. The number of carbonyl (C=O) groups excluding carboxylic acids is 1. The molecule has 6 N–H and O–H groups in total. The van der Waals surface area contributed by atoms with Gasteiger partial charge in [-0.3, -0.25) is 4.79 Å². The van der Waals surface area contributed by atoms with Crippen LogP contribution in [0.1, 0.15) is 62.8 Å². The van der Waals surface area contributed by atoms with Crippen molar-refractivity contribution in [2.24, 2.45) is 5.41 Å². The van der Waals surface area contributed by atoms with Gasteiger partial charge in [0.1, 0.15) is 21.4 Å². The minimum absolute atomic E-state index is 0.0223. The number of nitrogen functional groups attached to an aromatic ring is 2. The van der Waals surface area contributed by atoms with Crippen LogP contribution in [0, 0.1) is 5.41 Å². The average Bonchev–Trinajstić information content (AvgIpc) is 3.26. The van der Waals surface area contributed by atoms with Crippen LogP contribution in [0.4, 0.5) is 17.5 Å². The molecule has 1 saturated heterocycles. The number of halogens is 1. The lowest BCUT2D eigenvalue weighted by Gasteiger charge is -2.44. The second-order valence-corrected chi connectivity index (χ2v) is 15.6. The highest BCUT2D eigenvalue weighted by Crippen LogP contribution is 2.53. The second kappa shape index (κ2) is 12.7. The van der Waals surface area contributed by atoms with Crippen molar-refractivity contribution in [2.75, 3.05) is 36.5 Å². The van der Waals surface area contributed by atoms with Gasteiger partial charge in [-0.25, -0.2) is 15.0 Å². The molecule has 1 spiro atoms. The van der Waals surface area contributed by atoms with Gasteiger partial charge in [0.05, 0.1) is 17.3 Å². The lowest BCUT2D eigenvalue weighted by molar-refractivity contribution is -0.120. The Bertz CT molecular complexity index is 1490. The van der Waals surface area contributed by atoms with Crippen molar-refractivity contribution in [1.29, 1.82) is 0 Å². The number of pyridine rings is 1. The largest absolute Gasteiger partial charge is 0.598 e. The number of benzene rings is 1. The first-order valence-corrected chi connectivity index (χ1v) is 16.7. The molecule has 0 radical (unpaired) electrons. The molecule has 2 aromatic heterocycles. The lowest BCUT2D eigenvalue weighted by atomic mass is 9.73. The molecule has 3 aromatic rings. The smallest absolute Gasteiger partial charge is 0.220 e. The molecule has 43 heavy (non-hydrogen) atoms. The summed E-state index contributed by atoms with van der Waals surface area (Å²) in [6, 6.07) is 8.23. The van der Waals surface area contributed by atoms with E-state index in [1.165, 1.54) is 22.9 Å². The average molecular weight is 643 g/mol. The molecule has 1 fully saturated rings. The van der Waals surface area contributed by atoms with Crippen molar-refractivity contribution >= 4 is 58.1 Å². The Kier molecular flexibility index (Phi) is 9.34. The fraction of sp³-hybridized carbons (Fsp3) is 0.467. The minimum atomic E-state index is -1.24. The summed E-state index contributed by atoms with van der Waals surface area (Å²) >= 11 is 6.37. The quantitative estimate of drug-likeness (QED) is 0.259. The van der Waals surface area contributed by atoms with Crippen LogP contribution < -0.4 is 26.4 Å². The van der Waals surface area contributed by atoms with Crippen molar-refractivity contribution in [3.63, 3.8) is 0 Å². The highest BCUT2D eigenvalue weighted by Gasteiger charge is 2.50. The molecule has 2 atom stereocenters. The van der Waals surface area contributed by atoms with E-state index in [0.29, 0.717) is 33.6 Å². The first-order chi connectivity index (χ1) is 20.4. The summed E-state index contributed by atoms with van der Waals surface area (Å²) in [6.07, 6.45) is 7.13. The van der Waals surface area contributed by atoms with Crippen LogP contribution in [0.25, 0.3) is 0 Å². The van der Waals surface area contributed by atoms with E-state index < -0.39 is 16.1 Å². The maximum absolute atomic E-state index is 13.4. The molecule has 2 aliphatic rings. The summed E-state index contributed by atoms with van der Waals surface area (Å²) in [5.74, 6) is 1.33. The third kappa shape index (κ3) is 6.83. The number of hydrogen-bond donors (Lipinski definition) is 4. The Hall–Kier alpha value is -2.77. The molecule has 1 aliphatic heterocycles. The van der Waals surface area contributed by atoms with Crippen molar-refractivity contribution < 1.29 is 9.35 Å². The van der Waals surface area contributed by atoms with Gasteiger partial charge in [-0.2, -0.15) is 0 Å². The number of carbonyl (C=O) groups is 1. The first kappa shape index (κ1) is 31.6. The molecule has 1 aromatic carbocycles. The third-order valence-corrected chi connectivity index (χ3v) is 11.4. The number of nitrogens with one attached hydrogen (secondary N) is 2. The van der Waals surface area contributed by atoms with Crippen LogP contribution in [0.3, 0.4) is 0 Å². The topological polar surface area (TPSA) is 158 Å². The zero-order chi connectivity index (χ0) is 30.9. The molecule has 0 unspecified atom stereocenters. The van der Waals surface area contributed by atoms with Gasteiger partial charge in [0.15, 0.2) is 5.82 Å². The van der Waals surface area contributed by atoms with Crippen molar-refractivity contribution in [3.05, 3.63) is 58.4 Å². The van der Waals surface area contributed by atoms with E-state index in [0.717, 1.165) is 43.7 Å². The predicted octanol–water partition coefficient (Wildman–Crippen LogP) is 4.46. The number of anilines is 3. The number of aryl methyl sites for hydroxylation is 1. The van der Waals surface area contributed by atoms with Gasteiger partial charge in [-0.1, -0.05) is 41.6 Å². The highest BCUT2D eigenvalue weighted by molar-refractivity contribution is 7.99. The minimum Gasteiger partial charge on any atom is -0.598 e. The molecular weight excluding hydrogens is 604 g/mol. The number of rotatable bonds is 8. The van der Waals surface area contributed by atoms with Crippen molar-refractivity contribution in [2.45, 2.75) is 73.6 Å². The molecule has 10 nitrogen and oxygen atoms in total. The van der Waals surface area contributed by atoms with E-state index in [4.69, 9.17) is 23.1 Å². The van der Waals surface area contributed by atoms with E-state index in [9.17, 15) is 9.35 Å². The number of aromatic nitrogens is 3. The Morgan fingerprint density at radius 2 is 1.95 bits per heavy atom. The Morgan fingerprint density at radius 3 is 2.63 bits per heavy atom. The van der Waals surface area contributed by atoms with Crippen molar-refractivity contribution in [1.82, 2.24) is 25.0 Å². The zero-order valence-electron chi connectivity index (χ0n) is 24.9. The fourth-order valence-electron chi connectivity index (χ4n) is 5.78. The van der Waals surface area contributed by atoms with Crippen LogP contribution in [0.5, 0.6) is 0 Å². The maximum Gasteiger partial charge on any atom is 0.220 e. The Balaban J connectivity index is 1.34. The number of piperidine rings is 1. The van der Waals surface area contributed by atoms with Gasteiger partial charge >= 0.3 is 0 Å². The number of hydrogen-bond acceptors (Lipinski definition) is 10. The standard InChI is InChI=1S/C30H39ClN8O2S2/c1-29(2,3)43(41)38-25-20-15-18(6-8-23(40)34-4)5-7-19(20)16-30(25)10-13-39(14-11-30)22-17-36-28(27(33)37-22)42-21-9-12-35-26(32)24(21)31/h5,7,9,12,15,17,25,38H,6,8,10-11,13-14,16H2,1-4H3,(H2,32,35)(H2,33,37)(H,34,40)/t25-,43-/m1/s1. The number of fused-ring (bicyclic) bond motifs is 1. The lowest BCUT2D eigenvalue weighted by Crippen LogP contribution is -2.49. The monoisotopic (exact) mass is 642 g/mol. The summed E-state index contributed by atoms with van der Waals surface area (Å²) < 4.78 is 16.5. The number of nitrogens with two attached hydrogens (primary N) is 2. The van der Waals surface area contributed by atoms with Crippen LogP contribution in [-0.2, 0) is 29.0 Å². The van der Waals surface area contributed by atoms with Gasteiger partial charge in [0.2, 0.25) is 5.91 Å². The van der Waals surface area contributed by atoms with E-state index in [1.54, 1.807) is 25.5 Å². The molecule has 1 amide bonds. The number of nitrogens with zero attached hydrogens (tertiary/aromatic N) is 4. The normalized spacial score (nSPS) is 18.5. The summed E-state index contributed by atoms with van der Waals surface area (Å²) in [5, 5.41) is 3.62. The second-order valence-electron chi connectivity index (χ2n) is 12.2. The third-order valence-electron chi connectivity index (χ3n) is 8.30. The van der Waals surface area contributed by atoms with E-state index in [2.05, 4.69) is 48.1 Å². The molecule has 13 heteroatoms. The molecular formula is C30H39ClN8O2S2. The summed E-state index contributed by atoms with van der Waals surface area (Å²) in [6.45, 7) is 7.51. The Labute approximate surface area is 265 Å². The molecule has 0 saturated carbocycles. The maximum atomic E-state index is 13.4. The summed E-state index contributed by atoms with van der Waals surface area (Å²) in [4.78, 5) is 28.1. The molecule has 1 aliphatic carbocycles. The zero-order valence-corrected chi connectivity index (χ0v) is 27.3. The van der Waals surface area contributed by atoms with Gasteiger partial charge in [-0.15, -0.1) is 4.72 Å². The first-order valence-electron chi connectivity index (χ1n) is 14.4. The van der Waals surface area contributed by atoms with Crippen molar-refractivity contribution in [3.8, 4) is 0 Å². The molecule has 230 valence electrons. The Morgan fingerprint density at radius 1 is 1.21 bits per heavy atom. The predicted molar refractivity (Wildman–Crippen MR) is 174 cm³/mol. The number of amides is 1. The summed E-state index contributed by atoms with van der Waals surface area (Å²) in [7, 11) is 1.66. The van der Waals surface area contributed by atoms with Crippen LogP contribution in [0.15, 0.2) is 46.6 Å². The molecule has 5 rings (SSSR count).